The number of ether oxygens (including phenoxy) is 2. The standard InChI is InChI=1S/C23H29F3N4O4S/c1-15(2)33-21-12-20(27-28-21)18-11-17(16-3-5-19(6-4-16)34-23(24,25)26)13-30(14-18)22(31)29-7-9-35(32)10-8-29/h3-6,12,15,17-18H,7-11,13-14H2,1-2H3,(H,27,28). The average molecular weight is 515 g/mol. The lowest BCUT2D eigenvalue weighted by molar-refractivity contribution is -0.274. The Morgan fingerprint density at radius 3 is 2.40 bits per heavy atom. The van der Waals surface area contributed by atoms with Gasteiger partial charge in [-0.25, -0.2) is 4.79 Å². The van der Waals surface area contributed by atoms with Crippen LogP contribution < -0.4 is 9.47 Å². The smallest absolute Gasteiger partial charge is 0.474 e. The maximum atomic E-state index is 13.3. The predicted octanol–water partition coefficient (Wildman–Crippen LogP) is 3.85. The molecule has 2 aromatic rings. The van der Waals surface area contributed by atoms with Gasteiger partial charge in [-0.15, -0.1) is 18.3 Å². The van der Waals surface area contributed by atoms with Gasteiger partial charge >= 0.3 is 12.4 Å². The molecule has 0 spiro atoms. The van der Waals surface area contributed by atoms with Crippen molar-refractivity contribution >= 4 is 16.8 Å². The molecule has 0 bridgehead atoms. The molecule has 192 valence electrons. The van der Waals surface area contributed by atoms with Crippen LogP contribution in [0.25, 0.3) is 0 Å². The highest BCUT2D eigenvalue weighted by Gasteiger charge is 2.36. The molecule has 1 N–H and O–H groups in total. The maximum Gasteiger partial charge on any atom is 0.573 e. The normalized spacial score (nSPS) is 21.9. The van der Waals surface area contributed by atoms with E-state index in [9.17, 15) is 22.2 Å². The van der Waals surface area contributed by atoms with Crippen molar-refractivity contribution in [3.05, 3.63) is 41.6 Å². The number of carbonyl (C=O) groups is 1. The molecule has 3 heterocycles. The fraction of sp³-hybridized carbons (Fsp3) is 0.565. The molecule has 12 heteroatoms. The third-order valence-electron chi connectivity index (χ3n) is 6.12. The topological polar surface area (TPSA) is 87.8 Å². The van der Waals surface area contributed by atoms with Crippen LogP contribution in [-0.4, -0.2) is 80.4 Å². The van der Waals surface area contributed by atoms with Gasteiger partial charge in [0.2, 0.25) is 5.88 Å². The number of carbonyl (C=O) groups excluding carboxylic acids is 1. The van der Waals surface area contributed by atoms with Crippen LogP contribution in [0.4, 0.5) is 18.0 Å². The summed E-state index contributed by atoms with van der Waals surface area (Å²) in [6.07, 6.45) is -4.11. The van der Waals surface area contributed by atoms with Gasteiger partial charge < -0.3 is 19.3 Å². The van der Waals surface area contributed by atoms with Crippen molar-refractivity contribution < 1.29 is 31.6 Å². The minimum atomic E-state index is -4.75. The van der Waals surface area contributed by atoms with Gasteiger partial charge in [-0.3, -0.25) is 9.31 Å². The number of hydrogen-bond acceptors (Lipinski definition) is 5. The van der Waals surface area contributed by atoms with E-state index in [1.54, 1.807) is 21.9 Å². The molecule has 2 atom stereocenters. The van der Waals surface area contributed by atoms with E-state index in [0.717, 1.165) is 11.3 Å². The van der Waals surface area contributed by atoms with Gasteiger partial charge in [0.25, 0.3) is 0 Å². The molecule has 0 radical (unpaired) electrons. The Bertz CT molecular complexity index is 1030. The zero-order valence-corrected chi connectivity index (χ0v) is 20.4. The molecule has 8 nitrogen and oxygen atoms in total. The monoisotopic (exact) mass is 514 g/mol. The van der Waals surface area contributed by atoms with Crippen molar-refractivity contribution in [2.75, 3.05) is 37.7 Å². The number of piperidine rings is 1. The summed E-state index contributed by atoms with van der Waals surface area (Å²) in [4.78, 5) is 16.8. The molecular formula is C23H29F3N4O4S. The quantitative estimate of drug-likeness (QED) is 0.655. The Hall–Kier alpha value is -2.76. The van der Waals surface area contributed by atoms with Gasteiger partial charge in [0, 0.05) is 72.1 Å². The Balaban J connectivity index is 1.55. The van der Waals surface area contributed by atoms with E-state index >= 15 is 0 Å². The number of H-pyrrole nitrogens is 1. The van der Waals surface area contributed by atoms with Crippen LogP contribution in [0.3, 0.4) is 0 Å². The average Bonchev–Trinajstić information content (AvgIpc) is 3.26. The number of hydrogen-bond donors (Lipinski definition) is 1. The highest BCUT2D eigenvalue weighted by atomic mass is 32.2. The van der Waals surface area contributed by atoms with Crippen LogP contribution >= 0.6 is 0 Å². The first kappa shape index (κ1) is 25.3. The fourth-order valence-corrected chi connectivity index (χ4v) is 5.57. The van der Waals surface area contributed by atoms with Crippen molar-refractivity contribution in [1.29, 1.82) is 0 Å². The molecule has 2 amide bonds. The van der Waals surface area contributed by atoms with Crippen LogP contribution in [0.1, 0.15) is 43.4 Å². The second kappa shape index (κ2) is 10.5. The van der Waals surface area contributed by atoms with E-state index in [-0.39, 0.29) is 29.7 Å². The van der Waals surface area contributed by atoms with E-state index in [2.05, 4.69) is 14.9 Å². The van der Waals surface area contributed by atoms with Crippen molar-refractivity contribution in [3.8, 4) is 11.6 Å². The van der Waals surface area contributed by atoms with Crippen LogP contribution in [0.2, 0.25) is 0 Å². The SMILES string of the molecule is CC(C)Oc1cc(C2CC(c3ccc(OC(F)(F)F)cc3)CN(C(=O)N3CCS(=O)CC3)C2)[nH]n1. The van der Waals surface area contributed by atoms with E-state index < -0.39 is 17.2 Å². The molecule has 35 heavy (non-hydrogen) atoms. The molecule has 0 aliphatic carbocycles. The molecule has 2 fully saturated rings. The highest BCUT2D eigenvalue weighted by Crippen LogP contribution is 2.37. The van der Waals surface area contributed by atoms with Crippen LogP contribution in [0.5, 0.6) is 11.6 Å². The zero-order valence-electron chi connectivity index (χ0n) is 19.6. The summed E-state index contributed by atoms with van der Waals surface area (Å²) >= 11 is 0. The summed E-state index contributed by atoms with van der Waals surface area (Å²) in [6, 6.07) is 7.53. The van der Waals surface area contributed by atoms with Crippen molar-refractivity contribution in [2.24, 2.45) is 0 Å². The number of aromatic nitrogens is 2. The number of benzene rings is 1. The molecule has 2 aliphatic heterocycles. The lowest BCUT2D eigenvalue weighted by Gasteiger charge is -2.40. The molecule has 0 saturated carbocycles. The second-order valence-corrected chi connectivity index (χ2v) is 10.8. The maximum absolute atomic E-state index is 13.3. The largest absolute Gasteiger partial charge is 0.573 e. The van der Waals surface area contributed by atoms with Gasteiger partial charge in [-0.1, -0.05) is 12.1 Å². The number of aromatic amines is 1. The summed E-state index contributed by atoms with van der Waals surface area (Å²) in [5, 5.41) is 7.25. The summed E-state index contributed by atoms with van der Waals surface area (Å²) in [5.41, 5.74) is 1.65. The Labute approximate surface area is 204 Å². The fourth-order valence-electron chi connectivity index (χ4n) is 4.52. The van der Waals surface area contributed by atoms with E-state index in [0.29, 0.717) is 50.0 Å². The third-order valence-corrected chi connectivity index (χ3v) is 7.40. The summed E-state index contributed by atoms with van der Waals surface area (Å²) in [5.74, 6) is 0.941. The number of amides is 2. The molecule has 2 saturated heterocycles. The zero-order chi connectivity index (χ0) is 25.2. The van der Waals surface area contributed by atoms with Gasteiger partial charge in [-0.2, -0.15) is 0 Å². The Morgan fingerprint density at radius 2 is 1.77 bits per heavy atom. The molecule has 2 unspecified atom stereocenters. The van der Waals surface area contributed by atoms with Crippen LogP contribution in [0.15, 0.2) is 30.3 Å². The van der Waals surface area contributed by atoms with E-state index in [1.807, 2.05) is 19.9 Å². The lowest BCUT2D eigenvalue weighted by Crippen LogP contribution is -2.52. The van der Waals surface area contributed by atoms with Crippen LogP contribution in [-0.2, 0) is 10.8 Å². The number of urea groups is 1. The van der Waals surface area contributed by atoms with Crippen molar-refractivity contribution in [2.45, 2.75) is 44.6 Å². The van der Waals surface area contributed by atoms with Crippen molar-refractivity contribution in [3.63, 3.8) is 0 Å². The van der Waals surface area contributed by atoms with E-state index in [4.69, 9.17) is 4.74 Å². The highest BCUT2D eigenvalue weighted by molar-refractivity contribution is 7.85. The minimum Gasteiger partial charge on any atom is -0.474 e. The number of rotatable bonds is 5. The number of nitrogens with one attached hydrogen (secondary N) is 1. The summed E-state index contributed by atoms with van der Waals surface area (Å²) < 4.78 is 59.0. The number of alkyl halides is 3. The van der Waals surface area contributed by atoms with Gasteiger partial charge in [0.1, 0.15) is 5.75 Å². The van der Waals surface area contributed by atoms with Gasteiger partial charge in [0.05, 0.1) is 6.10 Å². The molecular weight excluding hydrogens is 485 g/mol. The first-order chi connectivity index (χ1) is 16.6. The molecule has 2 aliphatic rings. The molecule has 1 aromatic heterocycles. The summed E-state index contributed by atoms with van der Waals surface area (Å²) in [6.45, 7) is 5.59. The minimum absolute atomic E-state index is 0.0367. The number of likely N-dealkylation sites (tertiary alicyclic amines) is 1. The number of halogens is 3. The third kappa shape index (κ3) is 6.68. The Morgan fingerprint density at radius 1 is 1.11 bits per heavy atom. The van der Waals surface area contributed by atoms with E-state index in [1.165, 1.54) is 12.1 Å². The van der Waals surface area contributed by atoms with Crippen LogP contribution in [0, 0.1) is 0 Å². The Kier molecular flexibility index (Phi) is 7.58. The van der Waals surface area contributed by atoms with Gasteiger partial charge in [0.15, 0.2) is 0 Å². The molecule has 1 aromatic carbocycles. The second-order valence-electron chi connectivity index (χ2n) is 9.10. The first-order valence-corrected chi connectivity index (χ1v) is 13.0. The lowest BCUT2D eigenvalue weighted by atomic mass is 9.83. The first-order valence-electron chi connectivity index (χ1n) is 11.5. The summed E-state index contributed by atoms with van der Waals surface area (Å²) in [7, 11) is -0.899. The number of nitrogens with zero attached hydrogens (tertiary/aromatic N) is 3. The van der Waals surface area contributed by atoms with Gasteiger partial charge in [-0.05, 0) is 38.0 Å². The predicted molar refractivity (Wildman–Crippen MR) is 124 cm³/mol. The van der Waals surface area contributed by atoms with Crippen molar-refractivity contribution in [1.82, 2.24) is 20.0 Å². The molecule has 4 rings (SSSR count).